The second-order valence-corrected chi connectivity index (χ2v) is 2.83. The molecule has 0 heterocycles. The van der Waals surface area contributed by atoms with Crippen LogP contribution in [0.25, 0.3) is 0 Å². The quantitative estimate of drug-likeness (QED) is 0.331. The molecule has 0 amide bonds. The predicted octanol–water partition coefficient (Wildman–Crippen LogP) is 3.75. The highest BCUT2D eigenvalue weighted by Crippen LogP contribution is 2.49. The zero-order valence-corrected chi connectivity index (χ0v) is 7.36. The lowest BCUT2D eigenvalue weighted by molar-refractivity contribution is -0.452. The van der Waals surface area contributed by atoms with Gasteiger partial charge in [0.15, 0.2) is 0 Å². The summed E-state index contributed by atoms with van der Waals surface area (Å²) >= 11 is 3.51. The summed E-state index contributed by atoms with van der Waals surface area (Å²) in [4.78, 5) is 0. The summed E-state index contributed by atoms with van der Waals surface area (Å²) in [6, 6.07) is -13.3. The van der Waals surface area contributed by atoms with E-state index in [1.807, 2.05) is 0 Å². The van der Waals surface area contributed by atoms with Crippen LogP contribution >= 0.6 is 11.6 Å². The molecule has 0 aliphatic carbocycles. The molecule has 0 fully saturated rings. The van der Waals surface area contributed by atoms with E-state index in [9.17, 15) is 44.0 Å². The van der Waals surface area contributed by atoms with E-state index in [-0.39, 0.29) is 0 Å². The molecule has 0 N–H and O–H groups in total. The van der Waals surface area contributed by atoms with Crippen LogP contribution in [0.15, 0.2) is 0 Å². The van der Waals surface area contributed by atoms with Crippen LogP contribution in [0.5, 0.6) is 0 Å². The van der Waals surface area contributed by atoms with Gasteiger partial charge in [-0.2, -0.15) is 39.5 Å². The first kappa shape index (κ1) is 15.5. The van der Waals surface area contributed by atoms with Gasteiger partial charge in [0.25, 0.3) is 0 Å². The first-order valence-corrected chi connectivity index (χ1v) is 3.38. The van der Waals surface area contributed by atoms with Gasteiger partial charge in [-0.15, -0.1) is 4.48 Å². The van der Waals surface area contributed by atoms with Gasteiger partial charge < -0.3 is 0 Å². The third-order valence-electron chi connectivity index (χ3n) is 1.18. The Kier molecular flexibility index (Phi) is 3.68. The molecule has 0 unspecified atom stereocenters. The van der Waals surface area contributed by atoms with Gasteiger partial charge >= 0.3 is 23.7 Å². The molecule has 0 saturated heterocycles. The predicted molar refractivity (Wildman–Crippen MR) is 29.7 cm³/mol. The van der Waals surface area contributed by atoms with Crippen molar-refractivity contribution in [1.82, 2.24) is 5.12 Å². The number of alkyl halides is 10. The molecule has 0 aliphatic heterocycles. The van der Waals surface area contributed by atoms with Crippen LogP contribution in [0, 0.1) is 0 Å². The lowest BCUT2D eigenvalue weighted by Gasteiger charge is -2.32. The minimum atomic E-state index is -6.81. The topological polar surface area (TPSA) is 3.24 Å². The second kappa shape index (κ2) is 3.79. The molecule has 0 aromatic rings. The number of nitrogens with zero attached hydrogens (tertiary/aromatic N) is 1. The molecule has 0 radical (unpaired) electrons. The summed E-state index contributed by atoms with van der Waals surface area (Å²) < 4.78 is 117. The molecule has 0 aliphatic rings. The minimum absolute atomic E-state index is 3.51. The van der Waals surface area contributed by atoms with Crippen LogP contribution in [0.3, 0.4) is 0 Å². The molecule has 12 heteroatoms. The van der Waals surface area contributed by atoms with Crippen molar-refractivity contribution in [3.05, 3.63) is 0 Å². The Morgan fingerprint density at radius 3 is 1.19 bits per heavy atom. The number of hydrogen-bond acceptors (Lipinski definition) is 1. The summed E-state index contributed by atoms with van der Waals surface area (Å²) in [6.07, 6.45) is -6.81. The minimum Gasteiger partial charge on any atom is -0.179 e. The summed E-state index contributed by atoms with van der Waals surface area (Å²) in [7, 11) is 0. The summed E-state index contributed by atoms with van der Waals surface area (Å²) in [5.41, 5.74) is 0. The zero-order chi connectivity index (χ0) is 13.6. The highest BCUT2D eigenvalue weighted by Gasteiger charge is 2.75. The van der Waals surface area contributed by atoms with E-state index >= 15 is 0 Å². The van der Waals surface area contributed by atoms with Crippen molar-refractivity contribution in [2.24, 2.45) is 0 Å². The van der Waals surface area contributed by atoms with Crippen molar-refractivity contribution in [2.45, 2.75) is 23.7 Å². The number of rotatable bonds is 3. The van der Waals surface area contributed by atoms with E-state index in [0.717, 1.165) is 0 Å². The fraction of sp³-hybridized carbons (Fsp3) is 1.00. The number of halogens is 11. The van der Waals surface area contributed by atoms with Crippen molar-refractivity contribution in [3.8, 4) is 0 Å². The molecule has 0 aromatic carbocycles. The Balaban J connectivity index is 5.30. The number of hydrogen-bond donors (Lipinski definition) is 0. The Morgan fingerprint density at radius 1 is 0.688 bits per heavy atom. The van der Waals surface area contributed by atoms with Gasteiger partial charge in [0.2, 0.25) is 0 Å². The molecule has 0 rings (SSSR count). The molecule has 0 aromatic heterocycles. The lowest BCUT2D eigenvalue weighted by atomic mass is 10.4. The van der Waals surface area contributed by atoms with Crippen molar-refractivity contribution in [2.75, 3.05) is 0 Å². The van der Waals surface area contributed by atoms with Crippen molar-refractivity contribution in [1.29, 1.82) is 0 Å². The Hall–Kier alpha value is -0.450. The molecular weight excluding hydrogens is 287 g/mol. The molecule has 16 heavy (non-hydrogen) atoms. The monoisotopic (exact) mass is 287 g/mol. The highest BCUT2D eigenvalue weighted by atomic mass is 35.5. The first-order valence-electron chi connectivity index (χ1n) is 3.01. The molecular formula is C4ClF10N. The maximum Gasteiger partial charge on any atom is 0.472 e. The molecule has 0 saturated carbocycles. The SMILES string of the molecule is FN(C(F)(F)C(F)(F)F)C(F)(F)C(F)(F)Cl. The van der Waals surface area contributed by atoms with Crippen molar-refractivity contribution < 1.29 is 44.0 Å². The van der Waals surface area contributed by atoms with Crippen molar-refractivity contribution in [3.63, 3.8) is 0 Å². The normalized spacial score (nSPS) is 15.8. The Labute approximate surface area is 85.5 Å². The van der Waals surface area contributed by atoms with E-state index in [2.05, 4.69) is 11.6 Å². The van der Waals surface area contributed by atoms with Gasteiger partial charge in [0.05, 0.1) is 0 Å². The third-order valence-corrected chi connectivity index (χ3v) is 1.40. The van der Waals surface area contributed by atoms with Gasteiger partial charge in [-0.05, 0) is 11.6 Å². The summed E-state index contributed by atoms with van der Waals surface area (Å²) in [6.45, 7) is 0. The fourth-order valence-corrected chi connectivity index (χ4v) is 0.473. The maximum atomic E-state index is 12.0. The van der Waals surface area contributed by atoms with E-state index in [0.29, 0.717) is 0 Å². The largest absolute Gasteiger partial charge is 0.472 e. The summed E-state index contributed by atoms with van der Waals surface area (Å²) in [5, 5.41) is -9.58. The lowest BCUT2D eigenvalue weighted by Crippen LogP contribution is -2.60. The third kappa shape index (κ3) is 2.44. The van der Waals surface area contributed by atoms with Crippen LogP contribution in [0.4, 0.5) is 44.0 Å². The standard InChI is InChI=1S/C4ClF10N/c5-1(6,7)3(11,12)16(15)4(13,14)2(8,9)10. The fourth-order valence-electron chi connectivity index (χ4n) is 0.399. The smallest absolute Gasteiger partial charge is 0.179 e. The van der Waals surface area contributed by atoms with Gasteiger partial charge in [0, 0.05) is 5.12 Å². The summed E-state index contributed by atoms with van der Waals surface area (Å²) in [5.74, 6) is 0. The van der Waals surface area contributed by atoms with Crippen LogP contribution in [-0.4, -0.2) is 28.8 Å². The molecule has 1 nitrogen and oxygen atoms in total. The van der Waals surface area contributed by atoms with Gasteiger partial charge in [-0.25, -0.2) is 0 Å². The van der Waals surface area contributed by atoms with E-state index < -0.39 is 28.8 Å². The van der Waals surface area contributed by atoms with Crippen LogP contribution in [-0.2, 0) is 0 Å². The molecule has 0 atom stereocenters. The van der Waals surface area contributed by atoms with E-state index in [1.54, 1.807) is 0 Å². The average molecular weight is 287 g/mol. The van der Waals surface area contributed by atoms with Crippen molar-refractivity contribution >= 4 is 11.6 Å². The van der Waals surface area contributed by atoms with Gasteiger partial charge in [-0.1, -0.05) is 0 Å². The van der Waals surface area contributed by atoms with E-state index in [4.69, 9.17) is 0 Å². The van der Waals surface area contributed by atoms with Gasteiger partial charge in [0.1, 0.15) is 0 Å². The van der Waals surface area contributed by atoms with Gasteiger partial charge in [-0.3, -0.25) is 0 Å². The zero-order valence-electron chi connectivity index (χ0n) is 6.60. The molecule has 0 bridgehead atoms. The molecule has 98 valence electrons. The first-order chi connectivity index (χ1) is 6.65. The second-order valence-electron chi connectivity index (χ2n) is 2.36. The van der Waals surface area contributed by atoms with Crippen LogP contribution in [0.2, 0.25) is 0 Å². The average Bonchev–Trinajstić information content (AvgIpc) is 1.98. The van der Waals surface area contributed by atoms with Crippen LogP contribution in [0.1, 0.15) is 0 Å². The Bertz CT molecular complexity index is 227. The highest BCUT2D eigenvalue weighted by molar-refractivity contribution is 6.22. The van der Waals surface area contributed by atoms with E-state index in [1.165, 1.54) is 0 Å². The maximum absolute atomic E-state index is 12.0. The Morgan fingerprint density at radius 2 is 1.00 bits per heavy atom. The van der Waals surface area contributed by atoms with Crippen LogP contribution < -0.4 is 0 Å². The molecule has 0 spiro atoms.